The summed E-state index contributed by atoms with van der Waals surface area (Å²) in [7, 11) is 0. The number of thiazole rings is 1. The fourth-order valence-corrected chi connectivity index (χ4v) is 4.51. The fraction of sp³-hybridized carbons (Fsp3) is 0.300. The molecule has 3 aromatic rings. The van der Waals surface area contributed by atoms with Crippen LogP contribution in [0.4, 0.5) is 0 Å². The molecule has 1 atom stereocenters. The van der Waals surface area contributed by atoms with Crippen LogP contribution in [0, 0.1) is 6.92 Å². The molecule has 1 aliphatic heterocycles. The number of piperidine rings is 1. The molecule has 0 bridgehead atoms. The highest BCUT2D eigenvalue weighted by molar-refractivity contribution is 7.18. The van der Waals surface area contributed by atoms with E-state index in [0.29, 0.717) is 12.1 Å². The summed E-state index contributed by atoms with van der Waals surface area (Å²) in [6.45, 7) is 3.29. The summed E-state index contributed by atoms with van der Waals surface area (Å²) in [6, 6.07) is 13.4. The summed E-state index contributed by atoms with van der Waals surface area (Å²) >= 11 is 1.72. The van der Waals surface area contributed by atoms with Crippen LogP contribution < -0.4 is 0 Å². The maximum atomic E-state index is 12.8. The van der Waals surface area contributed by atoms with Gasteiger partial charge in [-0.05, 0) is 49.6 Å². The van der Waals surface area contributed by atoms with Gasteiger partial charge in [-0.3, -0.25) is 4.79 Å². The molecule has 25 heavy (non-hydrogen) atoms. The number of carbonyl (C=O) groups is 1. The predicted molar refractivity (Wildman–Crippen MR) is 100 cm³/mol. The third-order valence-corrected chi connectivity index (χ3v) is 5.95. The van der Waals surface area contributed by atoms with E-state index in [9.17, 15) is 9.90 Å². The molecule has 1 aliphatic rings. The van der Waals surface area contributed by atoms with Gasteiger partial charge in [0.15, 0.2) is 0 Å². The number of likely N-dealkylation sites (tertiary alicyclic amines) is 1. The summed E-state index contributed by atoms with van der Waals surface area (Å²) in [4.78, 5) is 19.4. The third-order valence-electron chi connectivity index (χ3n) is 4.75. The predicted octanol–water partition coefficient (Wildman–Crippen LogP) is 4.33. The molecule has 0 saturated carbocycles. The lowest BCUT2D eigenvalue weighted by molar-refractivity contribution is 0.0704. The highest BCUT2D eigenvalue weighted by Crippen LogP contribution is 2.34. The Morgan fingerprint density at radius 1 is 1.28 bits per heavy atom. The number of amides is 1. The van der Waals surface area contributed by atoms with Gasteiger partial charge in [0, 0.05) is 19.0 Å². The molecule has 0 radical (unpaired) electrons. The molecule has 1 unspecified atom stereocenters. The smallest absolute Gasteiger partial charge is 0.257 e. The van der Waals surface area contributed by atoms with E-state index in [2.05, 4.69) is 6.07 Å². The Hall–Kier alpha value is -2.40. The van der Waals surface area contributed by atoms with Crippen molar-refractivity contribution in [3.8, 4) is 5.75 Å². The van der Waals surface area contributed by atoms with Crippen molar-refractivity contribution < 1.29 is 9.90 Å². The first kappa shape index (κ1) is 16.1. The van der Waals surface area contributed by atoms with Gasteiger partial charge in [-0.2, -0.15) is 0 Å². The first-order chi connectivity index (χ1) is 12.1. The van der Waals surface area contributed by atoms with Gasteiger partial charge in [-0.25, -0.2) is 4.98 Å². The lowest BCUT2D eigenvalue weighted by atomic mass is 9.97. The van der Waals surface area contributed by atoms with Gasteiger partial charge in [0.2, 0.25) is 0 Å². The van der Waals surface area contributed by atoms with E-state index < -0.39 is 0 Å². The molecule has 128 valence electrons. The molecule has 4 nitrogen and oxygen atoms in total. The number of hydrogen-bond donors (Lipinski definition) is 1. The van der Waals surface area contributed by atoms with Crippen molar-refractivity contribution in [2.75, 3.05) is 13.1 Å². The number of fused-ring (bicyclic) bond motifs is 1. The zero-order valence-corrected chi connectivity index (χ0v) is 14.9. The largest absolute Gasteiger partial charge is 0.507 e. The molecule has 0 spiro atoms. The zero-order valence-electron chi connectivity index (χ0n) is 14.1. The summed E-state index contributed by atoms with van der Waals surface area (Å²) in [5.74, 6) is 0.234. The Labute approximate surface area is 150 Å². The second-order valence-corrected chi connectivity index (χ2v) is 7.69. The molecule has 0 aliphatic carbocycles. The quantitative estimate of drug-likeness (QED) is 0.747. The van der Waals surface area contributed by atoms with E-state index in [1.807, 2.05) is 36.1 Å². The van der Waals surface area contributed by atoms with E-state index in [4.69, 9.17) is 4.98 Å². The average Bonchev–Trinajstić information content (AvgIpc) is 3.05. The zero-order chi connectivity index (χ0) is 17.4. The van der Waals surface area contributed by atoms with Crippen LogP contribution in [-0.2, 0) is 0 Å². The fourth-order valence-electron chi connectivity index (χ4n) is 3.42. The Balaban J connectivity index is 1.57. The molecule has 1 aromatic heterocycles. The number of phenols is 1. The van der Waals surface area contributed by atoms with Gasteiger partial charge < -0.3 is 10.0 Å². The summed E-state index contributed by atoms with van der Waals surface area (Å²) in [6.07, 6.45) is 2.00. The van der Waals surface area contributed by atoms with Crippen molar-refractivity contribution in [1.82, 2.24) is 9.88 Å². The van der Waals surface area contributed by atoms with Crippen molar-refractivity contribution in [1.29, 1.82) is 0 Å². The molecule has 5 heteroatoms. The van der Waals surface area contributed by atoms with E-state index in [0.717, 1.165) is 35.5 Å². The Kier molecular flexibility index (Phi) is 4.17. The maximum Gasteiger partial charge on any atom is 0.257 e. The Bertz CT molecular complexity index is 901. The number of aryl methyl sites for hydroxylation is 1. The van der Waals surface area contributed by atoms with Gasteiger partial charge in [0.1, 0.15) is 5.75 Å². The van der Waals surface area contributed by atoms with Crippen LogP contribution in [0.25, 0.3) is 10.2 Å². The SMILES string of the molecule is Cc1ccc(C(=O)N2CCCC(c3nc4ccccc4s3)C2)c(O)c1. The van der Waals surface area contributed by atoms with Crippen LogP contribution in [0.3, 0.4) is 0 Å². The number of hydrogen-bond acceptors (Lipinski definition) is 4. The van der Waals surface area contributed by atoms with Crippen LogP contribution in [0.5, 0.6) is 5.75 Å². The van der Waals surface area contributed by atoms with Crippen molar-refractivity contribution in [2.24, 2.45) is 0 Å². The molecule has 1 saturated heterocycles. The molecule has 2 heterocycles. The monoisotopic (exact) mass is 352 g/mol. The van der Waals surface area contributed by atoms with Crippen LogP contribution in [-0.4, -0.2) is 34.0 Å². The van der Waals surface area contributed by atoms with E-state index in [1.165, 1.54) is 4.70 Å². The van der Waals surface area contributed by atoms with Crippen molar-refractivity contribution in [2.45, 2.75) is 25.7 Å². The number of benzene rings is 2. The minimum atomic E-state index is -0.0942. The highest BCUT2D eigenvalue weighted by atomic mass is 32.1. The normalized spacial score (nSPS) is 17.8. The summed E-state index contributed by atoms with van der Waals surface area (Å²) in [5, 5.41) is 11.2. The number of carbonyl (C=O) groups excluding carboxylic acids is 1. The van der Waals surface area contributed by atoms with Crippen LogP contribution >= 0.6 is 11.3 Å². The van der Waals surface area contributed by atoms with E-state index in [-0.39, 0.29) is 17.6 Å². The lowest BCUT2D eigenvalue weighted by Gasteiger charge is -2.32. The second-order valence-electron chi connectivity index (χ2n) is 6.63. The molecular formula is C20H20N2O2S. The van der Waals surface area contributed by atoms with Crippen LogP contribution in [0.1, 0.15) is 39.7 Å². The van der Waals surface area contributed by atoms with Crippen LogP contribution in [0.2, 0.25) is 0 Å². The minimum Gasteiger partial charge on any atom is -0.507 e. The van der Waals surface area contributed by atoms with Gasteiger partial charge >= 0.3 is 0 Å². The van der Waals surface area contributed by atoms with Gasteiger partial charge in [0.05, 0.1) is 20.8 Å². The first-order valence-corrected chi connectivity index (χ1v) is 9.38. The number of para-hydroxylation sites is 1. The van der Waals surface area contributed by atoms with E-state index >= 15 is 0 Å². The maximum absolute atomic E-state index is 12.8. The number of nitrogens with zero attached hydrogens (tertiary/aromatic N) is 2. The third kappa shape index (κ3) is 3.12. The minimum absolute atomic E-state index is 0.0621. The molecule has 2 aromatic carbocycles. The van der Waals surface area contributed by atoms with Crippen molar-refractivity contribution >= 4 is 27.5 Å². The molecule has 1 fully saturated rings. The number of aromatic nitrogens is 1. The molecule has 4 rings (SSSR count). The number of aromatic hydroxyl groups is 1. The van der Waals surface area contributed by atoms with Crippen LogP contribution in [0.15, 0.2) is 42.5 Å². The van der Waals surface area contributed by atoms with Gasteiger partial charge in [0.25, 0.3) is 5.91 Å². The number of rotatable bonds is 2. The first-order valence-electron chi connectivity index (χ1n) is 8.56. The Morgan fingerprint density at radius 3 is 2.92 bits per heavy atom. The van der Waals surface area contributed by atoms with Gasteiger partial charge in [-0.1, -0.05) is 18.2 Å². The topological polar surface area (TPSA) is 53.4 Å². The molecule has 1 amide bonds. The van der Waals surface area contributed by atoms with Crippen molar-refractivity contribution in [3.05, 3.63) is 58.6 Å². The van der Waals surface area contributed by atoms with Crippen molar-refractivity contribution in [3.63, 3.8) is 0 Å². The second kappa shape index (κ2) is 6.48. The average molecular weight is 352 g/mol. The highest BCUT2D eigenvalue weighted by Gasteiger charge is 2.28. The summed E-state index contributed by atoms with van der Waals surface area (Å²) in [5.41, 5.74) is 2.36. The molecular weight excluding hydrogens is 332 g/mol. The van der Waals surface area contributed by atoms with Gasteiger partial charge in [-0.15, -0.1) is 11.3 Å². The summed E-state index contributed by atoms with van der Waals surface area (Å²) < 4.78 is 1.19. The lowest BCUT2D eigenvalue weighted by Crippen LogP contribution is -2.39. The standard InChI is InChI=1S/C20H20N2O2S/c1-13-8-9-15(17(23)11-13)20(24)22-10-4-5-14(12-22)19-21-16-6-2-3-7-18(16)25-19/h2-3,6-9,11,14,23H,4-5,10,12H2,1H3. The number of phenolic OH excluding ortho intramolecular Hbond substituents is 1. The molecule has 1 N–H and O–H groups in total. The Morgan fingerprint density at radius 2 is 2.12 bits per heavy atom. The van der Waals surface area contributed by atoms with E-state index in [1.54, 1.807) is 23.5 Å².